The number of para-hydroxylation sites is 1. The summed E-state index contributed by atoms with van der Waals surface area (Å²) in [5.41, 5.74) is 5.06. The Labute approximate surface area is 183 Å². The van der Waals surface area contributed by atoms with Gasteiger partial charge in [0.05, 0.1) is 18.7 Å². The first kappa shape index (κ1) is 20.8. The molecule has 31 heavy (non-hydrogen) atoms. The molecule has 2 aromatic carbocycles. The molecular formula is C26H27N3O2. The van der Waals surface area contributed by atoms with Crippen molar-refractivity contribution in [3.05, 3.63) is 89.4 Å². The van der Waals surface area contributed by atoms with Crippen LogP contribution in [0.2, 0.25) is 0 Å². The Morgan fingerprint density at radius 3 is 2.35 bits per heavy atom. The maximum atomic E-state index is 6.07. The molecule has 0 N–H and O–H groups in total. The highest BCUT2D eigenvalue weighted by atomic mass is 16.5. The van der Waals surface area contributed by atoms with Crippen LogP contribution in [-0.4, -0.2) is 27.7 Å². The van der Waals surface area contributed by atoms with E-state index in [1.165, 1.54) is 5.56 Å². The second kappa shape index (κ2) is 9.58. The Hall–Kier alpha value is -3.44. The van der Waals surface area contributed by atoms with Crippen molar-refractivity contribution < 1.29 is 9.47 Å². The van der Waals surface area contributed by atoms with Crippen LogP contribution in [0.15, 0.2) is 66.7 Å². The molecule has 0 amide bonds. The summed E-state index contributed by atoms with van der Waals surface area (Å²) in [6, 6.07) is 19.9. The third-order valence-electron chi connectivity index (χ3n) is 5.27. The molecule has 158 valence electrons. The minimum atomic E-state index is 0.540. The number of aromatic nitrogens is 3. The Morgan fingerprint density at radius 1 is 0.903 bits per heavy atom. The molecule has 0 atom stereocenters. The van der Waals surface area contributed by atoms with E-state index in [2.05, 4.69) is 34.7 Å². The third kappa shape index (κ3) is 4.84. The number of ether oxygens (including phenoxy) is 2. The quantitative estimate of drug-likeness (QED) is 0.339. The molecule has 0 unspecified atom stereocenters. The van der Waals surface area contributed by atoms with Crippen molar-refractivity contribution >= 4 is 17.1 Å². The van der Waals surface area contributed by atoms with E-state index in [1.807, 2.05) is 68.5 Å². The maximum absolute atomic E-state index is 6.07. The van der Waals surface area contributed by atoms with Crippen molar-refractivity contribution in [2.75, 3.05) is 13.2 Å². The minimum Gasteiger partial charge on any atom is -0.437 e. The van der Waals surface area contributed by atoms with Crippen LogP contribution in [0.25, 0.3) is 17.1 Å². The van der Waals surface area contributed by atoms with Crippen LogP contribution in [0.3, 0.4) is 0 Å². The van der Waals surface area contributed by atoms with Crippen LogP contribution < -0.4 is 4.74 Å². The van der Waals surface area contributed by atoms with Crippen molar-refractivity contribution in [2.45, 2.75) is 27.3 Å². The van der Waals surface area contributed by atoms with Gasteiger partial charge in [-0.25, -0.2) is 9.97 Å². The number of hydrogen-bond donors (Lipinski definition) is 0. The molecule has 0 saturated carbocycles. The smallest absolute Gasteiger partial charge is 0.247 e. The van der Waals surface area contributed by atoms with Crippen molar-refractivity contribution in [1.29, 1.82) is 0 Å². The van der Waals surface area contributed by atoms with Crippen LogP contribution in [0.4, 0.5) is 0 Å². The van der Waals surface area contributed by atoms with Crippen LogP contribution in [0, 0.1) is 20.8 Å². The highest BCUT2D eigenvalue weighted by Gasteiger charge is 2.18. The number of aryl methyl sites for hydroxylation is 3. The molecule has 4 rings (SSSR count). The second-order valence-electron chi connectivity index (χ2n) is 7.44. The predicted molar refractivity (Wildman–Crippen MR) is 125 cm³/mol. The highest BCUT2D eigenvalue weighted by molar-refractivity contribution is 5.85. The van der Waals surface area contributed by atoms with E-state index in [0.29, 0.717) is 19.1 Å². The van der Waals surface area contributed by atoms with Gasteiger partial charge in [-0.2, -0.15) is 0 Å². The summed E-state index contributed by atoms with van der Waals surface area (Å²) in [7, 11) is 0. The van der Waals surface area contributed by atoms with Gasteiger partial charge in [0.1, 0.15) is 11.6 Å². The Kier molecular flexibility index (Phi) is 6.43. The summed E-state index contributed by atoms with van der Waals surface area (Å²) in [5.74, 6) is 2.21. The standard InChI is InChI=1S/C26H27N3O2/c1-19-20(2)27-26(31-23-14-8-5-9-15-23)24-25(19)29(21(3)28-24)16-18-30-17-10-13-22-11-6-4-7-12-22/h4-15H,16-18H2,1-3H3. The van der Waals surface area contributed by atoms with Gasteiger partial charge in [0.25, 0.3) is 0 Å². The molecule has 4 aromatic rings. The Balaban J connectivity index is 1.49. The Morgan fingerprint density at radius 2 is 1.61 bits per heavy atom. The fraction of sp³-hybridized carbons (Fsp3) is 0.231. The number of pyridine rings is 1. The van der Waals surface area contributed by atoms with E-state index < -0.39 is 0 Å². The summed E-state index contributed by atoms with van der Waals surface area (Å²) in [5, 5.41) is 0. The number of benzene rings is 2. The number of hydrogen-bond acceptors (Lipinski definition) is 4. The monoisotopic (exact) mass is 413 g/mol. The molecule has 0 fully saturated rings. The molecule has 0 aliphatic heterocycles. The van der Waals surface area contributed by atoms with Gasteiger partial charge in [-0.05, 0) is 44.0 Å². The molecule has 5 nitrogen and oxygen atoms in total. The van der Waals surface area contributed by atoms with E-state index in [9.17, 15) is 0 Å². The molecular weight excluding hydrogens is 386 g/mol. The summed E-state index contributed by atoms with van der Waals surface area (Å²) in [6.45, 7) is 7.98. The lowest BCUT2D eigenvalue weighted by molar-refractivity contribution is 0.154. The van der Waals surface area contributed by atoms with E-state index >= 15 is 0 Å². The van der Waals surface area contributed by atoms with Crippen molar-refractivity contribution in [3.63, 3.8) is 0 Å². The SMILES string of the molecule is Cc1nc(Oc2ccccc2)c2nc(C)n(CCOCC=Cc3ccccc3)c2c1C. The number of nitrogens with zero attached hydrogens (tertiary/aromatic N) is 3. The van der Waals surface area contributed by atoms with Crippen LogP contribution in [0.1, 0.15) is 22.6 Å². The number of imidazole rings is 1. The van der Waals surface area contributed by atoms with E-state index in [1.54, 1.807) is 0 Å². The molecule has 0 bridgehead atoms. The largest absolute Gasteiger partial charge is 0.437 e. The van der Waals surface area contributed by atoms with E-state index in [4.69, 9.17) is 14.5 Å². The van der Waals surface area contributed by atoms with Crippen molar-refractivity contribution in [3.8, 4) is 11.6 Å². The summed E-state index contributed by atoms with van der Waals surface area (Å²) in [6.07, 6.45) is 4.11. The summed E-state index contributed by atoms with van der Waals surface area (Å²) < 4.78 is 14.1. The second-order valence-corrected chi connectivity index (χ2v) is 7.44. The molecule has 0 aliphatic rings. The van der Waals surface area contributed by atoms with Crippen molar-refractivity contribution in [1.82, 2.24) is 14.5 Å². The fourth-order valence-corrected chi connectivity index (χ4v) is 3.55. The van der Waals surface area contributed by atoms with E-state index in [-0.39, 0.29) is 0 Å². The molecule has 0 saturated heterocycles. The first-order valence-corrected chi connectivity index (χ1v) is 10.5. The van der Waals surface area contributed by atoms with Crippen LogP contribution in [0.5, 0.6) is 11.6 Å². The van der Waals surface area contributed by atoms with Crippen molar-refractivity contribution in [2.24, 2.45) is 0 Å². The third-order valence-corrected chi connectivity index (χ3v) is 5.27. The normalized spacial score (nSPS) is 11.5. The zero-order valence-electron chi connectivity index (χ0n) is 18.2. The van der Waals surface area contributed by atoms with Gasteiger partial charge in [0.2, 0.25) is 5.88 Å². The molecule has 5 heteroatoms. The molecule has 2 aromatic heterocycles. The summed E-state index contributed by atoms with van der Waals surface area (Å²) in [4.78, 5) is 9.43. The first-order chi connectivity index (χ1) is 15.1. The number of fused-ring (bicyclic) bond motifs is 1. The van der Waals surface area contributed by atoms with Gasteiger partial charge in [0.15, 0.2) is 5.52 Å². The highest BCUT2D eigenvalue weighted by Crippen LogP contribution is 2.31. The van der Waals surface area contributed by atoms with Gasteiger partial charge in [-0.3, -0.25) is 0 Å². The van der Waals surface area contributed by atoms with Gasteiger partial charge in [0, 0.05) is 12.2 Å². The molecule has 2 heterocycles. The minimum absolute atomic E-state index is 0.540. The molecule has 0 spiro atoms. The maximum Gasteiger partial charge on any atom is 0.247 e. The number of rotatable bonds is 8. The lowest BCUT2D eigenvalue weighted by Crippen LogP contribution is -2.09. The van der Waals surface area contributed by atoms with Crippen LogP contribution in [-0.2, 0) is 11.3 Å². The van der Waals surface area contributed by atoms with Gasteiger partial charge in [-0.15, -0.1) is 0 Å². The zero-order chi connectivity index (χ0) is 21.6. The first-order valence-electron chi connectivity index (χ1n) is 10.5. The Bertz CT molecular complexity index is 1180. The average Bonchev–Trinajstić information content (AvgIpc) is 3.12. The molecule has 0 aliphatic carbocycles. The zero-order valence-corrected chi connectivity index (χ0v) is 18.2. The van der Waals surface area contributed by atoms with Crippen LogP contribution >= 0.6 is 0 Å². The topological polar surface area (TPSA) is 49.2 Å². The summed E-state index contributed by atoms with van der Waals surface area (Å²) >= 11 is 0. The fourth-order valence-electron chi connectivity index (χ4n) is 3.55. The lowest BCUT2D eigenvalue weighted by Gasteiger charge is -2.12. The predicted octanol–water partition coefficient (Wildman–Crippen LogP) is 5.88. The van der Waals surface area contributed by atoms with Gasteiger partial charge >= 0.3 is 0 Å². The van der Waals surface area contributed by atoms with E-state index in [0.717, 1.165) is 40.4 Å². The average molecular weight is 414 g/mol. The molecule has 0 radical (unpaired) electrons. The lowest BCUT2D eigenvalue weighted by atomic mass is 10.2. The van der Waals surface area contributed by atoms with Gasteiger partial charge in [-0.1, -0.05) is 60.7 Å². The van der Waals surface area contributed by atoms with Gasteiger partial charge < -0.3 is 14.0 Å².